The molecule has 23 heavy (non-hydrogen) atoms. The second-order valence-electron chi connectivity index (χ2n) is 6.17. The summed E-state index contributed by atoms with van der Waals surface area (Å²) in [5.41, 5.74) is 5.54. The Bertz CT molecular complexity index is 682. The first-order chi connectivity index (χ1) is 10.1. The standard InChI is InChI=1S/C14H23N3O4S.ClH/c1-9-11(7-12(21-9)22(19,20)17(3)4)13(18)16-14(2,8-15)10-5-6-10;/h7,10H,5-6,8,15H2,1-4H3,(H,16,18);1H. The first-order valence-corrected chi connectivity index (χ1v) is 8.61. The Morgan fingerprint density at radius 2 is 2.04 bits per heavy atom. The molecule has 1 heterocycles. The third-order valence-corrected chi connectivity index (χ3v) is 5.85. The Labute approximate surface area is 143 Å². The number of sulfonamides is 1. The molecular formula is C14H24ClN3O4S. The monoisotopic (exact) mass is 365 g/mol. The fourth-order valence-corrected chi connectivity index (χ4v) is 3.21. The lowest BCUT2D eigenvalue weighted by Gasteiger charge is -2.29. The number of halogens is 1. The molecule has 2 rings (SSSR count). The molecule has 1 amide bonds. The van der Waals surface area contributed by atoms with Crippen LogP contribution < -0.4 is 11.1 Å². The molecule has 1 aliphatic carbocycles. The normalized spacial score (nSPS) is 17.5. The Balaban J connectivity index is 0.00000264. The summed E-state index contributed by atoms with van der Waals surface area (Å²) in [6.45, 7) is 3.82. The predicted octanol–water partition coefficient (Wildman–Crippen LogP) is 1.12. The van der Waals surface area contributed by atoms with E-state index in [1.54, 1.807) is 6.92 Å². The number of aryl methyl sites for hydroxylation is 1. The van der Waals surface area contributed by atoms with E-state index >= 15 is 0 Å². The SMILES string of the molecule is Cc1oc(S(=O)(=O)N(C)C)cc1C(=O)NC(C)(CN)C1CC1.Cl. The van der Waals surface area contributed by atoms with Gasteiger partial charge in [0.25, 0.3) is 15.9 Å². The molecule has 1 aromatic heterocycles. The number of amides is 1. The smallest absolute Gasteiger partial charge is 0.275 e. The van der Waals surface area contributed by atoms with Gasteiger partial charge in [0.1, 0.15) is 5.76 Å². The Morgan fingerprint density at radius 1 is 1.48 bits per heavy atom. The molecule has 0 aromatic carbocycles. The van der Waals surface area contributed by atoms with Crippen LogP contribution in [-0.2, 0) is 10.0 Å². The van der Waals surface area contributed by atoms with E-state index in [4.69, 9.17) is 10.2 Å². The lowest BCUT2D eigenvalue weighted by molar-refractivity contribution is 0.0896. The van der Waals surface area contributed by atoms with Crippen molar-refractivity contribution in [2.45, 2.75) is 37.3 Å². The maximum absolute atomic E-state index is 12.4. The average Bonchev–Trinajstić information content (AvgIpc) is 3.21. The lowest BCUT2D eigenvalue weighted by atomic mass is 9.95. The van der Waals surface area contributed by atoms with Crippen molar-refractivity contribution >= 4 is 28.3 Å². The van der Waals surface area contributed by atoms with Gasteiger partial charge in [-0.1, -0.05) is 0 Å². The van der Waals surface area contributed by atoms with E-state index in [1.165, 1.54) is 20.2 Å². The number of carbonyl (C=O) groups excluding carboxylic acids is 1. The van der Waals surface area contributed by atoms with E-state index in [0.29, 0.717) is 12.5 Å². The Kier molecular flexibility index (Phi) is 5.90. The summed E-state index contributed by atoms with van der Waals surface area (Å²) in [7, 11) is -0.887. The van der Waals surface area contributed by atoms with Crippen molar-refractivity contribution in [3.05, 3.63) is 17.4 Å². The van der Waals surface area contributed by atoms with E-state index in [0.717, 1.165) is 17.1 Å². The number of carbonyl (C=O) groups is 1. The number of furan rings is 1. The van der Waals surface area contributed by atoms with E-state index in [-0.39, 0.29) is 34.7 Å². The first kappa shape index (κ1) is 20.0. The maximum atomic E-state index is 12.4. The molecule has 1 aromatic rings. The number of rotatable bonds is 6. The van der Waals surface area contributed by atoms with Crippen molar-refractivity contribution in [3.8, 4) is 0 Å². The van der Waals surface area contributed by atoms with Gasteiger partial charge in [-0.3, -0.25) is 4.79 Å². The minimum absolute atomic E-state index is 0. The van der Waals surface area contributed by atoms with Crippen LogP contribution in [0.25, 0.3) is 0 Å². The number of nitrogens with two attached hydrogens (primary N) is 1. The van der Waals surface area contributed by atoms with Crippen molar-refractivity contribution in [1.29, 1.82) is 0 Å². The molecule has 3 N–H and O–H groups in total. The first-order valence-electron chi connectivity index (χ1n) is 7.17. The molecule has 1 unspecified atom stereocenters. The summed E-state index contributed by atoms with van der Waals surface area (Å²) in [4.78, 5) is 12.4. The summed E-state index contributed by atoms with van der Waals surface area (Å²) in [6.07, 6.45) is 2.08. The van der Waals surface area contributed by atoms with E-state index < -0.39 is 15.6 Å². The van der Waals surface area contributed by atoms with Crippen molar-refractivity contribution in [2.75, 3.05) is 20.6 Å². The molecule has 1 atom stereocenters. The van der Waals surface area contributed by atoms with Crippen molar-refractivity contribution in [1.82, 2.24) is 9.62 Å². The van der Waals surface area contributed by atoms with Crippen molar-refractivity contribution in [2.24, 2.45) is 11.7 Å². The minimum atomic E-state index is -3.70. The Morgan fingerprint density at radius 3 is 2.48 bits per heavy atom. The fourth-order valence-electron chi connectivity index (χ4n) is 2.35. The molecule has 0 saturated heterocycles. The number of nitrogens with zero attached hydrogens (tertiary/aromatic N) is 1. The van der Waals surface area contributed by atoms with Gasteiger partial charge in [-0.05, 0) is 32.6 Å². The molecule has 7 nitrogen and oxygen atoms in total. The number of hydrogen-bond acceptors (Lipinski definition) is 5. The van der Waals surface area contributed by atoms with Gasteiger partial charge < -0.3 is 15.5 Å². The highest BCUT2D eigenvalue weighted by molar-refractivity contribution is 7.88. The third kappa shape index (κ3) is 3.88. The number of nitrogens with one attached hydrogen (secondary N) is 1. The minimum Gasteiger partial charge on any atom is -0.448 e. The van der Waals surface area contributed by atoms with Gasteiger partial charge in [0.15, 0.2) is 0 Å². The topological polar surface area (TPSA) is 106 Å². The molecule has 9 heteroatoms. The molecule has 132 valence electrons. The summed E-state index contributed by atoms with van der Waals surface area (Å²) in [6, 6.07) is 1.27. The largest absolute Gasteiger partial charge is 0.448 e. The van der Waals surface area contributed by atoms with E-state index in [1.807, 2.05) is 6.92 Å². The summed E-state index contributed by atoms with van der Waals surface area (Å²) in [5.74, 6) is 0.285. The van der Waals surface area contributed by atoms with E-state index in [2.05, 4.69) is 5.32 Å². The third-order valence-electron chi connectivity index (χ3n) is 4.18. The van der Waals surface area contributed by atoms with Crippen LogP contribution in [0.3, 0.4) is 0 Å². The molecular weight excluding hydrogens is 342 g/mol. The molecule has 1 aliphatic rings. The zero-order chi connectivity index (χ0) is 16.7. The highest BCUT2D eigenvalue weighted by Crippen LogP contribution is 2.39. The van der Waals surface area contributed by atoms with Gasteiger partial charge in [-0.25, -0.2) is 12.7 Å². The zero-order valence-electron chi connectivity index (χ0n) is 13.8. The van der Waals surface area contributed by atoms with Crippen LogP contribution in [-0.4, -0.2) is 44.8 Å². The molecule has 1 fully saturated rings. The average molecular weight is 366 g/mol. The quantitative estimate of drug-likeness (QED) is 0.785. The van der Waals surface area contributed by atoms with Crippen LogP contribution in [0, 0.1) is 12.8 Å². The predicted molar refractivity (Wildman–Crippen MR) is 89.2 cm³/mol. The van der Waals surface area contributed by atoms with Crippen molar-refractivity contribution in [3.63, 3.8) is 0 Å². The fraction of sp³-hybridized carbons (Fsp3) is 0.643. The van der Waals surface area contributed by atoms with Crippen LogP contribution >= 0.6 is 12.4 Å². The summed E-state index contributed by atoms with van der Waals surface area (Å²) in [5, 5.41) is 2.69. The second kappa shape index (κ2) is 6.80. The maximum Gasteiger partial charge on any atom is 0.275 e. The zero-order valence-corrected chi connectivity index (χ0v) is 15.4. The second-order valence-corrected chi connectivity index (χ2v) is 8.26. The van der Waals surface area contributed by atoms with Crippen LogP contribution in [0.15, 0.2) is 15.6 Å². The van der Waals surface area contributed by atoms with Gasteiger partial charge in [0.05, 0.1) is 11.1 Å². The molecule has 1 saturated carbocycles. The van der Waals surface area contributed by atoms with Crippen LogP contribution in [0.1, 0.15) is 35.9 Å². The Hall–Kier alpha value is -1.09. The highest BCUT2D eigenvalue weighted by Gasteiger charge is 2.42. The molecule has 0 aliphatic heterocycles. The summed E-state index contributed by atoms with van der Waals surface area (Å²) >= 11 is 0. The van der Waals surface area contributed by atoms with Crippen molar-refractivity contribution < 1.29 is 17.6 Å². The lowest BCUT2D eigenvalue weighted by Crippen LogP contribution is -2.53. The van der Waals surface area contributed by atoms with Gasteiger partial charge in [-0.15, -0.1) is 12.4 Å². The van der Waals surface area contributed by atoms with Crippen LogP contribution in [0.5, 0.6) is 0 Å². The van der Waals surface area contributed by atoms with Gasteiger partial charge >= 0.3 is 0 Å². The molecule has 0 radical (unpaired) electrons. The van der Waals surface area contributed by atoms with Gasteiger partial charge in [0.2, 0.25) is 5.09 Å². The van der Waals surface area contributed by atoms with Crippen LogP contribution in [0.4, 0.5) is 0 Å². The van der Waals surface area contributed by atoms with Gasteiger partial charge in [-0.2, -0.15) is 0 Å². The van der Waals surface area contributed by atoms with Gasteiger partial charge in [0, 0.05) is 26.7 Å². The van der Waals surface area contributed by atoms with Crippen LogP contribution in [0.2, 0.25) is 0 Å². The highest BCUT2D eigenvalue weighted by atomic mass is 35.5. The van der Waals surface area contributed by atoms with E-state index in [9.17, 15) is 13.2 Å². The molecule has 0 bridgehead atoms. The number of hydrogen-bond donors (Lipinski definition) is 2. The summed E-state index contributed by atoms with van der Waals surface area (Å²) < 4.78 is 30.4. The molecule has 0 spiro atoms.